The first-order chi connectivity index (χ1) is 12.4. The fourth-order valence-electron chi connectivity index (χ4n) is 3.40. The smallest absolute Gasteiger partial charge is 0.237 e. The monoisotopic (exact) mass is 353 g/mol. The third-order valence-electron chi connectivity index (χ3n) is 4.65. The largest absolute Gasteiger partial charge is 0.353 e. The maximum absolute atomic E-state index is 12.4. The fourth-order valence-corrected chi connectivity index (χ4v) is 3.40. The van der Waals surface area contributed by atoms with Gasteiger partial charge in [-0.3, -0.25) is 9.69 Å². The predicted octanol–water partition coefficient (Wildman–Crippen LogP) is 1.88. The van der Waals surface area contributed by atoms with E-state index in [1.54, 1.807) is 0 Å². The van der Waals surface area contributed by atoms with Crippen LogP contribution in [-0.4, -0.2) is 45.4 Å². The molecule has 0 bridgehead atoms. The molecule has 1 aliphatic heterocycles. The van der Waals surface area contributed by atoms with E-state index in [4.69, 9.17) is 5.73 Å². The highest BCUT2D eigenvalue weighted by atomic mass is 16.2. The van der Waals surface area contributed by atoms with E-state index in [1.165, 1.54) is 0 Å². The Kier molecular flexibility index (Phi) is 5.64. The highest BCUT2D eigenvalue weighted by Crippen LogP contribution is 2.22. The molecule has 1 aliphatic rings. The summed E-state index contributed by atoms with van der Waals surface area (Å²) in [5.41, 5.74) is 9.27. The highest BCUT2D eigenvalue weighted by Gasteiger charge is 2.35. The Bertz CT molecular complexity index is 759. The number of carbonyl (C=O) groups is 1. The van der Waals surface area contributed by atoms with E-state index in [-0.39, 0.29) is 24.0 Å². The van der Waals surface area contributed by atoms with Gasteiger partial charge in [-0.25, -0.2) is 9.97 Å². The molecule has 1 saturated heterocycles. The van der Waals surface area contributed by atoms with Gasteiger partial charge in [-0.15, -0.1) is 0 Å². The molecule has 1 aromatic carbocycles. The van der Waals surface area contributed by atoms with Crippen molar-refractivity contribution in [1.82, 2.24) is 20.2 Å². The molecule has 2 heterocycles. The van der Waals surface area contributed by atoms with E-state index in [2.05, 4.69) is 33.2 Å². The average molecular weight is 353 g/mol. The van der Waals surface area contributed by atoms with Crippen molar-refractivity contribution in [3.63, 3.8) is 0 Å². The standard InChI is InChI=1S/C20H27N5O/c1-13(2)24-20(26)18-8-16(21)12-25(18)11-15-9-22-19(23-10-15)17-7-5-4-6-14(17)3/h4-7,9-10,13,16,18H,8,11-12,21H2,1-3H3,(H,24,26)/t16-,18-/m0/s1. The number of nitrogens with one attached hydrogen (secondary N) is 1. The molecular formula is C20H27N5O. The van der Waals surface area contributed by atoms with Crippen LogP contribution in [0.4, 0.5) is 0 Å². The molecule has 138 valence electrons. The number of aryl methyl sites for hydroxylation is 1. The van der Waals surface area contributed by atoms with Gasteiger partial charge in [-0.2, -0.15) is 0 Å². The van der Waals surface area contributed by atoms with Crippen molar-refractivity contribution in [3.8, 4) is 11.4 Å². The third kappa shape index (κ3) is 4.26. The molecule has 0 unspecified atom stereocenters. The second kappa shape index (κ2) is 7.93. The molecule has 2 atom stereocenters. The molecule has 0 saturated carbocycles. The molecule has 3 rings (SSSR count). The minimum Gasteiger partial charge on any atom is -0.353 e. The quantitative estimate of drug-likeness (QED) is 0.857. The summed E-state index contributed by atoms with van der Waals surface area (Å²) in [6.07, 6.45) is 4.37. The molecule has 0 spiro atoms. The molecule has 1 fully saturated rings. The number of amides is 1. The third-order valence-corrected chi connectivity index (χ3v) is 4.65. The van der Waals surface area contributed by atoms with Crippen LogP contribution >= 0.6 is 0 Å². The second-order valence-electron chi connectivity index (χ2n) is 7.33. The molecule has 26 heavy (non-hydrogen) atoms. The van der Waals surface area contributed by atoms with Crippen LogP contribution in [0.25, 0.3) is 11.4 Å². The summed E-state index contributed by atoms with van der Waals surface area (Å²) in [6, 6.07) is 8.02. The lowest BCUT2D eigenvalue weighted by atomic mass is 10.1. The minimum absolute atomic E-state index is 0.0186. The van der Waals surface area contributed by atoms with Gasteiger partial charge < -0.3 is 11.1 Å². The van der Waals surface area contributed by atoms with Crippen LogP contribution in [0.2, 0.25) is 0 Å². The van der Waals surface area contributed by atoms with Crippen LogP contribution < -0.4 is 11.1 Å². The van der Waals surface area contributed by atoms with Crippen LogP contribution in [0.5, 0.6) is 0 Å². The van der Waals surface area contributed by atoms with Crippen LogP contribution in [0, 0.1) is 6.92 Å². The van der Waals surface area contributed by atoms with Crippen LogP contribution in [0.1, 0.15) is 31.4 Å². The SMILES string of the molecule is Cc1ccccc1-c1ncc(CN2C[C@@H](N)C[C@H]2C(=O)NC(C)C)cn1. The molecule has 6 heteroatoms. The first-order valence-electron chi connectivity index (χ1n) is 9.11. The number of benzene rings is 1. The van der Waals surface area contributed by atoms with Gasteiger partial charge >= 0.3 is 0 Å². The molecule has 0 aliphatic carbocycles. The number of nitrogens with zero attached hydrogens (tertiary/aromatic N) is 3. The number of rotatable bonds is 5. The zero-order chi connectivity index (χ0) is 18.7. The lowest BCUT2D eigenvalue weighted by Gasteiger charge is -2.24. The summed E-state index contributed by atoms with van der Waals surface area (Å²) in [5, 5.41) is 2.99. The molecule has 6 nitrogen and oxygen atoms in total. The van der Waals surface area contributed by atoms with E-state index in [9.17, 15) is 4.79 Å². The lowest BCUT2D eigenvalue weighted by Crippen LogP contribution is -2.45. The van der Waals surface area contributed by atoms with Crippen LogP contribution in [0.3, 0.4) is 0 Å². The normalized spacial score (nSPS) is 20.5. The summed E-state index contributed by atoms with van der Waals surface area (Å²) in [6.45, 7) is 7.31. The molecule has 0 radical (unpaired) electrons. The Morgan fingerprint density at radius 2 is 2.00 bits per heavy atom. The van der Waals surface area contributed by atoms with Crippen molar-refractivity contribution >= 4 is 5.91 Å². The Morgan fingerprint density at radius 1 is 1.31 bits per heavy atom. The average Bonchev–Trinajstić information content (AvgIpc) is 2.96. The van der Waals surface area contributed by atoms with Crippen molar-refractivity contribution in [2.75, 3.05) is 6.54 Å². The van der Waals surface area contributed by atoms with Gasteiger partial charge in [0.05, 0.1) is 6.04 Å². The Labute approximate surface area is 154 Å². The molecular weight excluding hydrogens is 326 g/mol. The van der Waals surface area contributed by atoms with Gasteiger partial charge in [0.25, 0.3) is 0 Å². The maximum Gasteiger partial charge on any atom is 0.237 e. The zero-order valence-corrected chi connectivity index (χ0v) is 15.6. The maximum atomic E-state index is 12.4. The topological polar surface area (TPSA) is 84.1 Å². The lowest BCUT2D eigenvalue weighted by molar-refractivity contribution is -0.126. The first-order valence-corrected chi connectivity index (χ1v) is 9.11. The second-order valence-corrected chi connectivity index (χ2v) is 7.33. The van der Waals surface area contributed by atoms with Gasteiger partial charge in [0.2, 0.25) is 5.91 Å². The molecule has 1 aromatic heterocycles. The Balaban J connectivity index is 1.71. The molecule has 1 amide bonds. The number of nitrogens with two attached hydrogens (primary N) is 1. The first kappa shape index (κ1) is 18.5. The van der Waals surface area contributed by atoms with Crippen LogP contribution in [0.15, 0.2) is 36.7 Å². The van der Waals surface area contributed by atoms with E-state index >= 15 is 0 Å². The summed E-state index contributed by atoms with van der Waals surface area (Å²) < 4.78 is 0. The number of hydrogen-bond donors (Lipinski definition) is 2. The number of aromatic nitrogens is 2. The summed E-state index contributed by atoms with van der Waals surface area (Å²) in [7, 11) is 0. The minimum atomic E-state index is -0.191. The molecule has 2 aromatic rings. The molecule has 3 N–H and O–H groups in total. The van der Waals surface area contributed by atoms with E-state index in [1.807, 2.05) is 44.4 Å². The van der Waals surface area contributed by atoms with Gasteiger partial charge in [0.1, 0.15) is 0 Å². The summed E-state index contributed by atoms with van der Waals surface area (Å²) in [4.78, 5) is 23.6. The van der Waals surface area contributed by atoms with Crippen molar-refractivity contribution in [3.05, 3.63) is 47.8 Å². The van der Waals surface area contributed by atoms with Gasteiger partial charge in [-0.05, 0) is 32.8 Å². The number of hydrogen-bond acceptors (Lipinski definition) is 5. The van der Waals surface area contributed by atoms with Crippen molar-refractivity contribution in [2.24, 2.45) is 5.73 Å². The van der Waals surface area contributed by atoms with Gasteiger partial charge in [0.15, 0.2) is 5.82 Å². The fraction of sp³-hybridized carbons (Fsp3) is 0.450. The zero-order valence-electron chi connectivity index (χ0n) is 15.6. The predicted molar refractivity (Wildman–Crippen MR) is 102 cm³/mol. The van der Waals surface area contributed by atoms with Gasteiger partial charge in [0, 0.05) is 48.7 Å². The number of likely N-dealkylation sites (tertiary alicyclic amines) is 1. The van der Waals surface area contributed by atoms with Crippen molar-refractivity contribution < 1.29 is 4.79 Å². The van der Waals surface area contributed by atoms with E-state index in [0.717, 1.165) is 22.5 Å². The van der Waals surface area contributed by atoms with E-state index < -0.39 is 0 Å². The Hall–Kier alpha value is -2.31. The summed E-state index contributed by atoms with van der Waals surface area (Å²) >= 11 is 0. The number of carbonyl (C=O) groups excluding carboxylic acids is 1. The van der Waals surface area contributed by atoms with Crippen LogP contribution in [-0.2, 0) is 11.3 Å². The highest BCUT2D eigenvalue weighted by molar-refractivity contribution is 5.82. The summed E-state index contributed by atoms with van der Waals surface area (Å²) in [5.74, 6) is 0.768. The van der Waals surface area contributed by atoms with E-state index in [0.29, 0.717) is 19.5 Å². The van der Waals surface area contributed by atoms with Gasteiger partial charge in [-0.1, -0.05) is 24.3 Å². The van der Waals surface area contributed by atoms with Crippen molar-refractivity contribution in [1.29, 1.82) is 0 Å². The Morgan fingerprint density at radius 3 is 2.65 bits per heavy atom. The van der Waals surface area contributed by atoms with Crippen molar-refractivity contribution in [2.45, 2.75) is 51.9 Å².